The van der Waals surface area contributed by atoms with E-state index >= 15 is 0 Å². The molecule has 5 nitrogen and oxygen atoms in total. The number of hydrogen-bond acceptors (Lipinski definition) is 6. The fourth-order valence-corrected chi connectivity index (χ4v) is 3.13. The first kappa shape index (κ1) is 17.9. The van der Waals surface area contributed by atoms with E-state index < -0.39 is 0 Å². The number of nitrogens with zero attached hydrogens (tertiary/aromatic N) is 3. The number of fused-ring (bicyclic) bond motifs is 1. The third-order valence-electron chi connectivity index (χ3n) is 3.80. The van der Waals surface area contributed by atoms with Crippen molar-refractivity contribution in [3.05, 3.63) is 71.7 Å². The van der Waals surface area contributed by atoms with Gasteiger partial charge in [0, 0.05) is 23.7 Å². The van der Waals surface area contributed by atoms with Crippen LogP contribution < -0.4 is 10.1 Å². The quantitative estimate of drug-likeness (QED) is 0.389. The summed E-state index contributed by atoms with van der Waals surface area (Å²) in [5.41, 5.74) is 1.55. The van der Waals surface area contributed by atoms with Crippen LogP contribution in [0.5, 0.6) is 10.9 Å². The predicted octanol–water partition coefficient (Wildman–Crippen LogP) is 4.87. The van der Waals surface area contributed by atoms with Gasteiger partial charge in [-0.1, -0.05) is 29.4 Å². The summed E-state index contributed by atoms with van der Waals surface area (Å²) >= 11 is 1.35. The SMILES string of the molecule is Fc1ccc(Oc2nc(C#CCCNc3ncnc4ccccc34)cs2)cc1. The van der Waals surface area contributed by atoms with Crippen LogP contribution in [0.2, 0.25) is 0 Å². The molecule has 0 spiro atoms. The Labute approximate surface area is 165 Å². The van der Waals surface area contributed by atoms with E-state index in [1.54, 1.807) is 18.5 Å². The Morgan fingerprint density at radius 1 is 1.07 bits per heavy atom. The summed E-state index contributed by atoms with van der Waals surface area (Å²) in [6.07, 6.45) is 2.19. The molecule has 2 heterocycles. The van der Waals surface area contributed by atoms with Crippen LogP contribution >= 0.6 is 11.3 Å². The highest BCUT2D eigenvalue weighted by Gasteiger charge is 2.03. The summed E-state index contributed by atoms with van der Waals surface area (Å²) in [7, 11) is 0. The summed E-state index contributed by atoms with van der Waals surface area (Å²) in [6.45, 7) is 0.664. The Hall–Kier alpha value is -3.50. The summed E-state index contributed by atoms with van der Waals surface area (Å²) in [4.78, 5) is 12.8. The number of halogens is 1. The Morgan fingerprint density at radius 3 is 2.82 bits per heavy atom. The van der Waals surface area contributed by atoms with Gasteiger partial charge in [-0.25, -0.2) is 14.4 Å². The largest absolute Gasteiger partial charge is 0.431 e. The second-order valence-electron chi connectivity index (χ2n) is 5.77. The molecule has 0 unspecified atom stereocenters. The van der Waals surface area contributed by atoms with Crippen LogP contribution in [-0.2, 0) is 0 Å². The van der Waals surface area contributed by atoms with Crippen molar-refractivity contribution >= 4 is 28.1 Å². The monoisotopic (exact) mass is 390 g/mol. The van der Waals surface area contributed by atoms with E-state index in [2.05, 4.69) is 32.1 Å². The summed E-state index contributed by atoms with van der Waals surface area (Å²) in [6, 6.07) is 13.7. The average molecular weight is 390 g/mol. The normalized spacial score (nSPS) is 10.3. The maximum Gasteiger partial charge on any atom is 0.279 e. The molecule has 28 heavy (non-hydrogen) atoms. The van der Waals surface area contributed by atoms with Crippen molar-refractivity contribution < 1.29 is 9.13 Å². The van der Waals surface area contributed by atoms with Gasteiger partial charge in [-0.05, 0) is 42.3 Å². The van der Waals surface area contributed by atoms with Crippen molar-refractivity contribution in [2.75, 3.05) is 11.9 Å². The molecule has 0 aliphatic carbocycles. The molecule has 2 aromatic heterocycles. The molecule has 2 aromatic carbocycles. The zero-order valence-electron chi connectivity index (χ0n) is 14.7. The molecule has 0 saturated heterocycles. The summed E-state index contributed by atoms with van der Waals surface area (Å²) < 4.78 is 18.5. The van der Waals surface area contributed by atoms with Crippen molar-refractivity contribution in [3.63, 3.8) is 0 Å². The number of rotatable bonds is 5. The van der Waals surface area contributed by atoms with E-state index in [0.717, 1.165) is 16.7 Å². The third-order valence-corrected chi connectivity index (χ3v) is 4.52. The lowest BCUT2D eigenvalue weighted by Crippen LogP contribution is -2.03. The Bertz CT molecular complexity index is 1140. The van der Waals surface area contributed by atoms with Crippen molar-refractivity contribution in [3.8, 4) is 22.8 Å². The highest BCUT2D eigenvalue weighted by atomic mass is 32.1. The number of aromatic nitrogens is 3. The number of thiazole rings is 1. The number of ether oxygens (including phenoxy) is 1. The fraction of sp³-hybridized carbons (Fsp3) is 0.0952. The van der Waals surface area contributed by atoms with Gasteiger partial charge in [0.05, 0.1) is 5.52 Å². The highest BCUT2D eigenvalue weighted by Crippen LogP contribution is 2.25. The van der Waals surface area contributed by atoms with Crippen molar-refractivity contribution in [1.82, 2.24) is 15.0 Å². The molecular formula is C21H15FN4OS. The summed E-state index contributed by atoms with van der Waals surface area (Å²) in [5, 5.41) is 6.58. The molecule has 0 atom stereocenters. The molecule has 4 aromatic rings. The van der Waals surface area contributed by atoms with Crippen molar-refractivity contribution in [1.29, 1.82) is 0 Å². The maximum absolute atomic E-state index is 12.9. The molecule has 0 radical (unpaired) electrons. The second kappa shape index (κ2) is 8.46. The maximum atomic E-state index is 12.9. The van der Waals surface area contributed by atoms with Crippen LogP contribution in [0.25, 0.3) is 10.9 Å². The van der Waals surface area contributed by atoms with E-state index in [1.807, 2.05) is 29.6 Å². The molecule has 7 heteroatoms. The van der Waals surface area contributed by atoms with Crippen LogP contribution in [0, 0.1) is 17.7 Å². The first-order valence-electron chi connectivity index (χ1n) is 8.59. The van der Waals surface area contributed by atoms with Gasteiger partial charge < -0.3 is 10.1 Å². The Kier molecular flexibility index (Phi) is 5.41. The first-order chi connectivity index (χ1) is 13.8. The molecule has 138 valence electrons. The van der Waals surface area contributed by atoms with Crippen LogP contribution in [0.4, 0.5) is 10.2 Å². The van der Waals surface area contributed by atoms with Gasteiger partial charge in [0.15, 0.2) is 0 Å². The van der Waals surface area contributed by atoms with Gasteiger partial charge in [-0.2, -0.15) is 4.98 Å². The van der Waals surface area contributed by atoms with Crippen LogP contribution in [0.3, 0.4) is 0 Å². The molecule has 0 saturated carbocycles. The molecule has 0 amide bonds. The average Bonchev–Trinajstić information content (AvgIpc) is 3.17. The van der Waals surface area contributed by atoms with E-state index in [1.165, 1.54) is 23.5 Å². The van der Waals surface area contributed by atoms with Crippen LogP contribution in [0.1, 0.15) is 12.1 Å². The number of para-hydroxylation sites is 1. The lowest BCUT2D eigenvalue weighted by atomic mass is 10.2. The van der Waals surface area contributed by atoms with E-state index in [9.17, 15) is 4.39 Å². The second-order valence-corrected chi connectivity index (χ2v) is 6.59. The van der Waals surface area contributed by atoms with Gasteiger partial charge in [0.25, 0.3) is 5.19 Å². The van der Waals surface area contributed by atoms with E-state index in [-0.39, 0.29) is 5.82 Å². The zero-order chi connectivity index (χ0) is 19.2. The lowest BCUT2D eigenvalue weighted by molar-refractivity contribution is 0.476. The lowest BCUT2D eigenvalue weighted by Gasteiger charge is -2.05. The smallest absolute Gasteiger partial charge is 0.279 e. The minimum atomic E-state index is -0.304. The van der Waals surface area contributed by atoms with Gasteiger partial charge in [-0.15, -0.1) is 0 Å². The Balaban J connectivity index is 1.31. The third kappa shape index (κ3) is 4.42. The number of anilines is 1. The molecule has 0 bridgehead atoms. The van der Waals surface area contributed by atoms with E-state index in [4.69, 9.17) is 4.74 Å². The molecule has 1 N–H and O–H groups in total. The minimum absolute atomic E-state index is 0.304. The fourth-order valence-electron chi connectivity index (χ4n) is 2.51. The van der Waals surface area contributed by atoms with Crippen molar-refractivity contribution in [2.24, 2.45) is 0 Å². The predicted molar refractivity (Wildman–Crippen MR) is 108 cm³/mol. The van der Waals surface area contributed by atoms with E-state index in [0.29, 0.717) is 29.6 Å². The highest BCUT2D eigenvalue weighted by molar-refractivity contribution is 7.11. The standard InChI is InChI=1S/C21H15FN4OS/c22-15-8-10-17(11-9-15)27-21-26-16(13-28-21)5-3-4-12-23-20-18-6-1-2-7-19(18)24-14-25-20/h1-2,6-11,13-14H,4,12H2,(H,23,24,25). The topological polar surface area (TPSA) is 59.9 Å². The first-order valence-corrected chi connectivity index (χ1v) is 9.47. The van der Waals surface area contributed by atoms with Gasteiger partial charge >= 0.3 is 0 Å². The van der Waals surface area contributed by atoms with Crippen LogP contribution in [-0.4, -0.2) is 21.5 Å². The van der Waals surface area contributed by atoms with Gasteiger partial charge in [-0.3, -0.25) is 0 Å². The summed E-state index contributed by atoms with van der Waals surface area (Å²) in [5.74, 6) is 7.14. The Morgan fingerprint density at radius 2 is 1.93 bits per heavy atom. The number of nitrogens with one attached hydrogen (secondary N) is 1. The van der Waals surface area contributed by atoms with Gasteiger partial charge in [0.2, 0.25) is 0 Å². The zero-order valence-corrected chi connectivity index (χ0v) is 15.5. The molecule has 0 aliphatic rings. The molecule has 4 rings (SSSR count). The van der Waals surface area contributed by atoms with Crippen LogP contribution in [0.15, 0.2) is 60.2 Å². The van der Waals surface area contributed by atoms with Gasteiger partial charge in [0.1, 0.15) is 29.4 Å². The molecular weight excluding hydrogens is 375 g/mol. The number of benzene rings is 2. The minimum Gasteiger partial charge on any atom is -0.431 e. The van der Waals surface area contributed by atoms with Crippen molar-refractivity contribution in [2.45, 2.75) is 6.42 Å². The number of hydrogen-bond donors (Lipinski definition) is 1. The molecule has 0 aliphatic heterocycles. The molecule has 0 fully saturated rings.